The van der Waals surface area contributed by atoms with Crippen LogP contribution in [0, 0.1) is 19.8 Å². The van der Waals surface area contributed by atoms with Crippen LogP contribution in [-0.2, 0) is 4.74 Å². The van der Waals surface area contributed by atoms with Gasteiger partial charge in [-0.3, -0.25) is 0 Å². The molecule has 0 saturated heterocycles. The van der Waals surface area contributed by atoms with Crippen molar-refractivity contribution in [2.75, 3.05) is 25.1 Å². The van der Waals surface area contributed by atoms with Gasteiger partial charge < -0.3 is 15.8 Å². The first-order valence-corrected chi connectivity index (χ1v) is 6.92. The molecule has 1 heterocycles. The van der Waals surface area contributed by atoms with Crippen LogP contribution >= 0.6 is 12.2 Å². The predicted molar refractivity (Wildman–Crippen MR) is 83.7 cm³/mol. The van der Waals surface area contributed by atoms with E-state index in [4.69, 9.17) is 22.7 Å². The second-order valence-electron chi connectivity index (χ2n) is 5.06. The lowest BCUT2D eigenvalue weighted by molar-refractivity contribution is 0.118. The predicted octanol–water partition coefficient (Wildman–Crippen LogP) is 2.42. The molecule has 0 amide bonds. The number of pyridine rings is 1. The van der Waals surface area contributed by atoms with Crippen molar-refractivity contribution in [3.63, 3.8) is 0 Å². The molecule has 0 aliphatic rings. The van der Waals surface area contributed by atoms with Gasteiger partial charge >= 0.3 is 0 Å². The van der Waals surface area contributed by atoms with Gasteiger partial charge in [0.2, 0.25) is 0 Å². The van der Waals surface area contributed by atoms with Gasteiger partial charge in [0.25, 0.3) is 0 Å². The highest BCUT2D eigenvalue weighted by molar-refractivity contribution is 7.80. The van der Waals surface area contributed by atoms with Gasteiger partial charge in [-0.25, -0.2) is 4.98 Å². The maximum Gasteiger partial charge on any atom is 0.136 e. The van der Waals surface area contributed by atoms with Crippen LogP contribution in [-0.4, -0.2) is 29.7 Å². The van der Waals surface area contributed by atoms with Gasteiger partial charge in [-0.05, 0) is 31.4 Å². The van der Waals surface area contributed by atoms with Gasteiger partial charge in [0.15, 0.2) is 0 Å². The SMILES string of the molecule is Cc1cc(C)c(C(N)=S)c(NCCOCC(C)C)n1. The van der Waals surface area contributed by atoms with E-state index < -0.39 is 0 Å². The minimum atomic E-state index is 0.371. The van der Waals surface area contributed by atoms with Crippen LogP contribution in [0.3, 0.4) is 0 Å². The Morgan fingerprint density at radius 3 is 2.74 bits per heavy atom. The van der Waals surface area contributed by atoms with Crippen LogP contribution in [0.25, 0.3) is 0 Å². The summed E-state index contributed by atoms with van der Waals surface area (Å²) < 4.78 is 5.52. The zero-order valence-corrected chi connectivity index (χ0v) is 12.9. The number of aromatic nitrogens is 1. The number of hydrogen-bond donors (Lipinski definition) is 2. The summed E-state index contributed by atoms with van der Waals surface area (Å²) in [5.41, 5.74) is 8.57. The van der Waals surface area contributed by atoms with Gasteiger partial charge in [0.1, 0.15) is 10.8 Å². The van der Waals surface area contributed by atoms with Crippen molar-refractivity contribution in [1.29, 1.82) is 0 Å². The number of thiocarbonyl (C=S) groups is 1. The highest BCUT2D eigenvalue weighted by Crippen LogP contribution is 2.18. The molecule has 0 aromatic carbocycles. The molecule has 0 atom stereocenters. The quantitative estimate of drug-likeness (QED) is 0.594. The van der Waals surface area contributed by atoms with E-state index >= 15 is 0 Å². The number of nitrogens with two attached hydrogens (primary N) is 1. The molecule has 0 saturated carbocycles. The van der Waals surface area contributed by atoms with Crippen LogP contribution in [0.5, 0.6) is 0 Å². The second kappa shape index (κ2) is 7.40. The summed E-state index contributed by atoms with van der Waals surface area (Å²) in [5, 5.41) is 3.25. The first-order valence-electron chi connectivity index (χ1n) is 6.51. The number of rotatable bonds is 7. The van der Waals surface area contributed by atoms with Crippen molar-refractivity contribution in [2.45, 2.75) is 27.7 Å². The van der Waals surface area contributed by atoms with E-state index in [2.05, 4.69) is 24.1 Å². The third-order valence-corrected chi connectivity index (χ3v) is 2.79. The summed E-state index contributed by atoms with van der Waals surface area (Å²) in [6.45, 7) is 10.3. The first-order chi connectivity index (χ1) is 8.91. The topological polar surface area (TPSA) is 60.2 Å². The first kappa shape index (κ1) is 15.9. The summed E-state index contributed by atoms with van der Waals surface area (Å²) >= 11 is 5.08. The molecule has 1 aromatic heterocycles. The molecule has 106 valence electrons. The lowest BCUT2D eigenvalue weighted by Gasteiger charge is -2.14. The Labute approximate surface area is 120 Å². The molecule has 0 spiro atoms. The number of hydrogen-bond acceptors (Lipinski definition) is 4. The highest BCUT2D eigenvalue weighted by atomic mass is 32.1. The lowest BCUT2D eigenvalue weighted by atomic mass is 10.1. The summed E-state index contributed by atoms with van der Waals surface area (Å²) in [7, 11) is 0. The van der Waals surface area contributed by atoms with Crippen molar-refractivity contribution in [3.05, 3.63) is 22.9 Å². The summed E-state index contributed by atoms with van der Waals surface area (Å²) in [5.74, 6) is 1.30. The maximum atomic E-state index is 5.76. The molecular weight excluding hydrogens is 258 g/mol. The molecule has 19 heavy (non-hydrogen) atoms. The van der Waals surface area contributed by atoms with Crippen LogP contribution in [0.2, 0.25) is 0 Å². The summed E-state index contributed by atoms with van der Waals surface area (Å²) in [4.78, 5) is 4.82. The number of nitrogens with zero attached hydrogens (tertiary/aromatic N) is 1. The van der Waals surface area contributed by atoms with E-state index in [-0.39, 0.29) is 0 Å². The molecule has 1 aromatic rings. The molecule has 4 nitrogen and oxygen atoms in total. The average molecular weight is 281 g/mol. The van der Waals surface area contributed by atoms with Crippen molar-refractivity contribution < 1.29 is 4.74 Å². The Morgan fingerprint density at radius 1 is 1.47 bits per heavy atom. The Morgan fingerprint density at radius 2 is 2.16 bits per heavy atom. The zero-order valence-electron chi connectivity index (χ0n) is 12.1. The van der Waals surface area contributed by atoms with Gasteiger partial charge in [0.05, 0.1) is 12.2 Å². The number of nitrogens with one attached hydrogen (secondary N) is 1. The molecule has 0 bridgehead atoms. The van der Waals surface area contributed by atoms with E-state index in [0.29, 0.717) is 24.1 Å². The van der Waals surface area contributed by atoms with E-state index in [1.807, 2.05) is 19.9 Å². The fourth-order valence-corrected chi connectivity index (χ4v) is 2.09. The lowest BCUT2D eigenvalue weighted by Crippen LogP contribution is -2.19. The third-order valence-electron chi connectivity index (χ3n) is 2.58. The Kier molecular flexibility index (Phi) is 6.18. The van der Waals surface area contributed by atoms with Crippen molar-refractivity contribution in [1.82, 2.24) is 4.98 Å². The standard InChI is InChI=1S/C14H23N3OS/c1-9(2)8-18-6-5-16-14-12(13(15)19)10(3)7-11(4)17-14/h7,9H,5-6,8H2,1-4H3,(H2,15,19)(H,16,17). The zero-order chi connectivity index (χ0) is 14.4. The Bertz CT molecular complexity index is 447. The van der Waals surface area contributed by atoms with E-state index in [1.54, 1.807) is 0 Å². The smallest absolute Gasteiger partial charge is 0.136 e. The van der Waals surface area contributed by atoms with Crippen LogP contribution in [0.4, 0.5) is 5.82 Å². The van der Waals surface area contributed by atoms with Gasteiger partial charge in [-0.15, -0.1) is 0 Å². The summed E-state index contributed by atoms with van der Waals surface area (Å²) in [6.07, 6.45) is 0. The molecule has 0 fully saturated rings. The fourth-order valence-electron chi connectivity index (χ4n) is 1.84. The molecule has 0 radical (unpaired) electrons. The third kappa shape index (κ3) is 5.12. The molecular formula is C14H23N3OS. The van der Waals surface area contributed by atoms with Crippen LogP contribution in [0.15, 0.2) is 6.07 Å². The monoisotopic (exact) mass is 281 g/mol. The molecule has 0 aliphatic heterocycles. The summed E-state index contributed by atoms with van der Waals surface area (Å²) in [6, 6.07) is 1.98. The van der Waals surface area contributed by atoms with Crippen LogP contribution < -0.4 is 11.1 Å². The number of aryl methyl sites for hydroxylation is 2. The van der Waals surface area contributed by atoms with Gasteiger partial charge in [-0.1, -0.05) is 26.1 Å². The van der Waals surface area contributed by atoms with Crippen molar-refractivity contribution in [2.24, 2.45) is 11.7 Å². The number of anilines is 1. The maximum absolute atomic E-state index is 5.76. The highest BCUT2D eigenvalue weighted by Gasteiger charge is 2.10. The molecule has 1 rings (SSSR count). The largest absolute Gasteiger partial charge is 0.389 e. The van der Waals surface area contributed by atoms with Crippen LogP contribution in [0.1, 0.15) is 30.7 Å². The number of ether oxygens (including phenoxy) is 1. The molecule has 5 heteroatoms. The minimum absolute atomic E-state index is 0.371. The molecule has 0 unspecified atom stereocenters. The second-order valence-corrected chi connectivity index (χ2v) is 5.50. The van der Waals surface area contributed by atoms with Crippen molar-refractivity contribution >= 4 is 23.0 Å². The van der Waals surface area contributed by atoms with Gasteiger partial charge in [-0.2, -0.15) is 0 Å². The van der Waals surface area contributed by atoms with E-state index in [1.165, 1.54) is 0 Å². The molecule has 0 aliphatic carbocycles. The van der Waals surface area contributed by atoms with Crippen molar-refractivity contribution in [3.8, 4) is 0 Å². The average Bonchev–Trinajstić information content (AvgIpc) is 2.26. The van der Waals surface area contributed by atoms with E-state index in [9.17, 15) is 0 Å². The van der Waals surface area contributed by atoms with E-state index in [0.717, 1.165) is 29.2 Å². The molecule has 3 N–H and O–H groups in total. The Hall–Kier alpha value is -1.20. The fraction of sp³-hybridized carbons (Fsp3) is 0.571. The minimum Gasteiger partial charge on any atom is -0.389 e. The van der Waals surface area contributed by atoms with Gasteiger partial charge in [0, 0.05) is 18.8 Å². The normalized spacial score (nSPS) is 10.8. The Balaban J connectivity index is 2.64.